The third kappa shape index (κ3) is 9.01. The van der Waals surface area contributed by atoms with Crippen molar-refractivity contribution in [1.82, 2.24) is 0 Å². The van der Waals surface area contributed by atoms with Gasteiger partial charge in [0.05, 0.1) is 0 Å². The molecular formula is C26H10Br12O3P+. The van der Waals surface area contributed by atoms with E-state index in [0.717, 1.165) is 75.9 Å². The lowest BCUT2D eigenvalue weighted by Crippen LogP contribution is -2.10. The number of benzene rings is 4. The summed E-state index contributed by atoms with van der Waals surface area (Å²) in [4.78, 5) is 0. The maximum Gasteiger partial charge on any atom is 0.699 e. The number of rotatable bonds is 8. The molecule has 4 aromatic carbocycles. The molecule has 0 amide bonds. The van der Waals surface area contributed by atoms with E-state index in [2.05, 4.69) is 191 Å². The molecule has 220 valence electrons. The summed E-state index contributed by atoms with van der Waals surface area (Å²) in [6.45, 7) is 0. The van der Waals surface area contributed by atoms with Gasteiger partial charge >= 0.3 is 8.25 Å². The summed E-state index contributed by atoms with van der Waals surface area (Å²) >= 11 is 43.5. The first-order valence-electron chi connectivity index (χ1n) is 11.1. The Labute approximate surface area is 344 Å². The molecule has 0 unspecified atom stereocenters. The highest BCUT2D eigenvalue weighted by atomic mass is 79.9. The fourth-order valence-corrected chi connectivity index (χ4v) is 15.4. The van der Waals surface area contributed by atoms with Gasteiger partial charge in [-0.3, -0.25) is 0 Å². The van der Waals surface area contributed by atoms with Crippen LogP contribution in [0.3, 0.4) is 0 Å². The molecule has 16 heteroatoms. The van der Waals surface area contributed by atoms with E-state index in [-0.39, 0.29) is 0 Å². The van der Waals surface area contributed by atoms with Gasteiger partial charge in [0, 0.05) is 80.5 Å². The van der Waals surface area contributed by atoms with Gasteiger partial charge in [0.1, 0.15) is 0 Å². The molecule has 0 aliphatic heterocycles. The Balaban J connectivity index is 1.86. The van der Waals surface area contributed by atoms with Gasteiger partial charge < -0.3 is 0 Å². The third-order valence-electron chi connectivity index (χ3n) is 5.61. The normalized spacial score (nSPS) is 11.6. The SMILES string of the molecule is O=[P+](OC(c1c(Br)cc(Br)cc1Br)c1c(Br)cc(Br)cc1Br)OC(c1c(Br)cc(Br)cc1Br)c1c(Br)cc(Br)cc1Br. The minimum atomic E-state index is -2.75. The Kier molecular flexibility index (Phi) is 14.6. The molecule has 0 aliphatic rings. The van der Waals surface area contributed by atoms with Gasteiger partial charge in [-0.1, -0.05) is 191 Å². The van der Waals surface area contributed by atoms with Crippen molar-refractivity contribution in [1.29, 1.82) is 0 Å². The molecule has 0 fully saturated rings. The van der Waals surface area contributed by atoms with E-state index in [0.29, 0.717) is 0 Å². The highest BCUT2D eigenvalue weighted by Crippen LogP contribution is 2.53. The van der Waals surface area contributed by atoms with E-state index in [1.165, 1.54) is 0 Å². The maximum atomic E-state index is 14.1. The first-order valence-corrected chi connectivity index (χ1v) is 21.7. The van der Waals surface area contributed by atoms with Crippen molar-refractivity contribution in [2.75, 3.05) is 0 Å². The number of halogens is 12. The predicted octanol–water partition coefficient (Wildman–Crippen LogP) is 16.4. The summed E-state index contributed by atoms with van der Waals surface area (Å²) in [6, 6.07) is 15.2. The van der Waals surface area contributed by atoms with E-state index >= 15 is 0 Å². The van der Waals surface area contributed by atoms with Gasteiger partial charge in [-0.15, -0.1) is 9.05 Å². The van der Waals surface area contributed by atoms with Crippen molar-refractivity contribution in [3.63, 3.8) is 0 Å². The smallest absolute Gasteiger partial charge is 0.106 e. The Morgan fingerprint density at radius 1 is 0.381 bits per heavy atom. The molecule has 0 atom stereocenters. The van der Waals surface area contributed by atoms with Crippen molar-refractivity contribution in [3.8, 4) is 0 Å². The summed E-state index contributed by atoms with van der Waals surface area (Å²) in [7, 11) is -2.75. The molecule has 3 nitrogen and oxygen atoms in total. The Hall–Kier alpha value is 2.66. The Morgan fingerprint density at radius 3 is 0.714 bits per heavy atom. The van der Waals surface area contributed by atoms with Gasteiger partial charge in [0.2, 0.25) is 0 Å². The van der Waals surface area contributed by atoms with E-state index in [9.17, 15) is 4.57 Å². The second-order valence-electron chi connectivity index (χ2n) is 8.33. The molecule has 0 saturated carbocycles. The van der Waals surface area contributed by atoms with Crippen LogP contribution in [-0.2, 0) is 13.6 Å². The average molecular weight is 1360 g/mol. The average Bonchev–Trinajstić information content (AvgIpc) is 2.81. The molecule has 0 spiro atoms. The van der Waals surface area contributed by atoms with Crippen LogP contribution in [0.25, 0.3) is 0 Å². The molecular weight excluding hydrogens is 1350 g/mol. The molecule has 0 aliphatic carbocycles. The van der Waals surface area contributed by atoms with Crippen LogP contribution in [0.2, 0.25) is 0 Å². The molecule has 0 radical (unpaired) electrons. The van der Waals surface area contributed by atoms with Crippen LogP contribution in [0.1, 0.15) is 34.5 Å². The van der Waals surface area contributed by atoms with Crippen LogP contribution < -0.4 is 0 Å². The first-order chi connectivity index (χ1) is 19.7. The zero-order valence-corrected chi connectivity index (χ0v) is 39.9. The minimum absolute atomic E-state index is 0.724. The van der Waals surface area contributed by atoms with Gasteiger partial charge in [-0.05, 0) is 48.5 Å². The largest absolute Gasteiger partial charge is 0.699 e. The molecule has 42 heavy (non-hydrogen) atoms. The van der Waals surface area contributed by atoms with Gasteiger partial charge in [0.25, 0.3) is 0 Å². The van der Waals surface area contributed by atoms with Crippen molar-refractivity contribution in [2.45, 2.75) is 12.2 Å². The van der Waals surface area contributed by atoms with E-state index < -0.39 is 20.5 Å². The van der Waals surface area contributed by atoms with Gasteiger partial charge in [0.15, 0.2) is 12.2 Å². The van der Waals surface area contributed by atoms with Gasteiger partial charge in [-0.25, -0.2) is 0 Å². The van der Waals surface area contributed by atoms with Crippen molar-refractivity contribution >= 4 is 199 Å². The molecule has 0 heterocycles. The van der Waals surface area contributed by atoms with Crippen molar-refractivity contribution in [3.05, 3.63) is 124 Å². The van der Waals surface area contributed by atoms with E-state index in [4.69, 9.17) is 9.05 Å². The molecule has 0 bridgehead atoms. The minimum Gasteiger partial charge on any atom is -0.106 e. The second kappa shape index (κ2) is 16.4. The summed E-state index contributed by atoms with van der Waals surface area (Å²) in [5.74, 6) is 0. The highest BCUT2D eigenvalue weighted by molar-refractivity contribution is 9.13. The zero-order valence-electron chi connectivity index (χ0n) is 20.0. The van der Waals surface area contributed by atoms with Crippen LogP contribution in [0.15, 0.2) is 102 Å². The molecule has 4 aromatic rings. The first kappa shape index (κ1) is 37.5. The molecule has 0 aromatic heterocycles. The molecule has 0 saturated heterocycles. The van der Waals surface area contributed by atoms with E-state index in [1.807, 2.05) is 48.5 Å². The molecule has 0 N–H and O–H groups in total. The summed E-state index contributed by atoms with van der Waals surface area (Å²) in [5, 5.41) is 0. The van der Waals surface area contributed by atoms with Crippen LogP contribution in [0, 0.1) is 0 Å². The third-order valence-corrected chi connectivity index (χ3v) is 13.5. The second-order valence-corrected chi connectivity index (χ2v) is 19.7. The topological polar surface area (TPSA) is 35.5 Å². The summed E-state index contributed by atoms with van der Waals surface area (Å²) < 4.78 is 36.1. The number of hydrogen-bond donors (Lipinski definition) is 0. The Morgan fingerprint density at radius 2 is 0.548 bits per heavy atom. The van der Waals surface area contributed by atoms with Gasteiger partial charge in [-0.2, -0.15) is 0 Å². The van der Waals surface area contributed by atoms with Crippen molar-refractivity contribution < 1.29 is 13.6 Å². The summed E-state index contributed by atoms with van der Waals surface area (Å²) in [6.07, 6.45) is -1.65. The fraction of sp³-hybridized carbons (Fsp3) is 0.0769. The fourth-order valence-electron chi connectivity index (χ4n) is 3.91. The summed E-state index contributed by atoms with van der Waals surface area (Å²) in [5.41, 5.74) is 2.90. The van der Waals surface area contributed by atoms with E-state index in [1.54, 1.807) is 0 Å². The highest BCUT2D eigenvalue weighted by Gasteiger charge is 2.40. The van der Waals surface area contributed by atoms with Crippen LogP contribution >= 0.6 is 199 Å². The van der Waals surface area contributed by atoms with Crippen LogP contribution in [-0.4, -0.2) is 0 Å². The lowest BCUT2D eigenvalue weighted by molar-refractivity contribution is 0.161. The Bertz CT molecular complexity index is 1380. The standard InChI is InChI=1S/C26H10Br12O3P/c27-9-1-13(31)21(14(32)2-9)25(22-15(33)3-10(28)4-16(22)34)40-42(39)41-26(23-17(35)5-11(29)6-18(23)36)24-19(37)7-12(30)8-20(24)38/h1-8,25-26H/q+1. The zero-order chi connectivity index (χ0) is 31.0. The van der Waals surface area contributed by atoms with Crippen LogP contribution in [0.5, 0.6) is 0 Å². The van der Waals surface area contributed by atoms with Crippen molar-refractivity contribution in [2.24, 2.45) is 0 Å². The molecule has 4 rings (SSSR count). The lowest BCUT2D eigenvalue weighted by Gasteiger charge is -2.21. The lowest BCUT2D eigenvalue weighted by atomic mass is 10.0. The maximum absolute atomic E-state index is 14.1. The van der Waals surface area contributed by atoms with Crippen LogP contribution in [0.4, 0.5) is 0 Å². The number of hydrogen-bond acceptors (Lipinski definition) is 3. The monoisotopic (exact) mass is 1350 g/mol. The predicted molar refractivity (Wildman–Crippen MR) is 212 cm³/mol. The quantitative estimate of drug-likeness (QED) is 0.165.